The predicted molar refractivity (Wildman–Crippen MR) is 81.4 cm³/mol. The Morgan fingerprint density at radius 1 is 1.17 bits per heavy atom. The fourth-order valence-corrected chi connectivity index (χ4v) is 2.23. The van der Waals surface area contributed by atoms with Crippen molar-refractivity contribution < 1.29 is 5.11 Å². The van der Waals surface area contributed by atoms with Gasteiger partial charge >= 0.3 is 0 Å². The predicted octanol–water partition coefficient (Wildman–Crippen LogP) is 3.19. The van der Waals surface area contributed by atoms with E-state index in [9.17, 15) is 5.11 Å². The van der Waals surface area contributed by atoms with Crippen molar-refractivity contribution in [3.8, 4) is 0 Å². The highest BCUT2D eigenvalue weighted by Crippen LogP contribution is 2.18. The second-order valence-electron chi connectivity index (χ2n) is 4.89. The first kappa shape index (κ1) is 15.5. The number of benzene rings is 1. The van der Waals surface area contributed by atoms with Crippen LogP contribution in [0.5, 0.6) is 0 Å². The molecule has 1 aromatic carbocycles. The zero-order valence-corrected chi connectivity index (χ0v) is 12.5. The number of aliphatic hydroxyl groups excluding tert-OH is 1. The molecule has 2 N–H and O–H groups in total. The first-order valence-corrected chi connectivity index (χ1v) is 8.02. The van der Waals surface area contributed by atoms with Gasteiger partial charge in [0.2, 0.25) is 0 Å². The van der Waals surface area contributed by atoms with E-state index in [4.69, 9.17) is 0 Å². The second kappa shape index (κ2) is 8.57. The van der Waals surface area contributed by atoms with E-state index < -0.39 is 6.10 Å². The largest absolute Gasteiger partial charge is 0.387 e. The van der Waals surface area contributed by atoms with E-state index in [-0.39, 0.29) is 0 Å². The number of rotatable bonds is 8. The molecule has 0 aliphatic carbocycles. The van der Waals surface area contributed by atoms with Gasteiger partial charge in [0.05, 0.1) is 6.10 Å². The number of aliphatic hydroxyl groups is 1. The van der Waals surface area contributed by atoms with Gasteiger partial charge in [-0.15, -0.1) is 0 Å². The normalized spacial score (nSPS) is 12.9. The molecule has 18 heavy (non-hydrogen) atoms. The molecule has 0 radical (unpaired) electrons. The monoisotopic (exact) mass is 267 g/mol. The van der Waals surface area contributed by atoms with Gasteiger partial charge in [0, 0.05) is 6.54 Å². The quantitative estimate of drug-likeness (QED) is 0.710. The van der Waals surface area contributed by atoms with Crippen LogP contribution in [-0.4, -0.2) is 30.2 Å². The summed E-state index contributed by atoms with van der Waals surface area (Å²) >= 11 is 1.86. The number of hydrogen-bond donors (Lipinski definition) is 2. The minimum Gasteiger partial charge on any atom is -0.387 e. The van der Waals surface area contributed by atoms with Crippen LogP contribution in [0, 0.1) is 0 Å². The van der Waals surface area contributed by atoms with Crippen LogP contribution in [0.1, 0.15) is 43.4 Å². The molecule has 1 atom stereocenters. The summed E-state index contributed by atoms with van der Waals surface area (Å²) in [5.41, 5.74) is 2.32. The van der Waals surface area contributed by atoms with Crippen molar-refractivity contribution in [3.05, 3.63) is 35.4 Å². The maximum absolute atomic E-state index is 10.0. The first-order chi connectivity index (χ1) is 8.65. The van der Waals surface area contributed by atoms with Gasteiger partial charge in [-0.3, -0.25) is 0 Å². The summed E-state index contributed by atoms with van der Waals surface area (Å²) < 4.78 is 0. The summed E-state index contributed by atoms with van der Waals surface area (Å²) in [4.78, 5) is 0. The minimum absolute atomic E-state index is 0.402. The van der Waals surface area contributed by atoms with Crippen LogP contribution >= 0.6 is 11.8 Å². The van der Waals surface area contributed by atoms with Crippen LogP contribution < -0.4 is 5.32 Å². The molecule has 0 aliphatic rings. The Balaban J connectivity index is 2.34. The van der Waals surface area contributed by atoms with Gasteiger partial charge in [0.25, 0.3) is 0 Å². The highest BCUT2D eigenvalue weighted by atomic mass is 32.2. The molecule has 0 saturated carbocycles. The van der Waals surface area contributed by atoms with Crippen molar-refractivity contribution in [2.24, 2.45) is 0 Å². The van der Waals surface area contributed by atoms with Crippen LogP contribution in [0.4, 0.5) is 0 Å². The zero-order chi connectivity index (χ0) is 13.4. The molecule has 2 nitrogen and oxygen atoms in total. The molecule has 1 aromatic rings. The summed E-state index contributed by atoms with van der Waals surface area (Å²) in [6.07, 6.45) is 2.87. The molecule has 1 unspecified atom stereocenters. The van der Waals surface area contributed by atoms with Gasteiger partial charge in [0.1, 0.15) is 0 Å². The maximum atomic E-state index is 10.0. The SMILES string of the molecule is CSCCCNCC(O)c1ccc(C(C)C)cc1. The smallest absolute Gasteiger partial charge is 0.0914 e. The van der Waals surface area contributed by atoms with Crippen LogP contribution in [0.25, 0.3) is 0 Å². The highest BCUT2D eigenvalue weighted by Gasteiger charge is 2.07. The third kappa shape index (κ3) is 5.42. The summed E-state index contributed by atoms with van der Waals surface area (Å²) in [6, 6.07) is 8.28. The molecule has 0 spiro atoms. The minimum atomic E-state index is -0.402. The Labute approximate surface area is 115 Å². The van der Waals surface area contributed by atoms with Crippen LogP contribution in [0.3, 0.4) is 0 Å². The van der Waals surface area contributed by atoms with Crippen LogP contribution in [0.15, 0.2) is 24.3 Å². The lowest BCUT2D eigenvalue weighted by Gasteiger charge is -2.13. The van der Waals surface area contributed by atoms with Gasteiger partial charge in [-0.25, -0.2) is 0 Å². The van der Waals surface area contributed by atoms with E-state index in [2.05, 4.69) is 37.6 Å². The van der Waals surface area contributed by atoms with Gasteiger partial charge in [-0.2, -0.15) is 11.8 Å². The Morgan fingerprint density at radius 2 is 1.78 bits per heavy atom. The fourth-order valence-electron chi connectivity index (χ4n) is 1.80. The summed E-state index contributed by atoms with van der Waals surface area (Å²) in [5.74, 6) is 1.72. The van der Waals surface area contributed by atoms with E-state index in [0.717, 1.165) is 18.5 Å². The number of thioether (sulfide) groups is 1. The van der Waals surface area contributed by atoms with E-state index >= 15 is 0 Å². The molecule has 0 heterocycles. The first-order valence-electron chi connectivity index (χ1n) is 6.62. The van der Waals surface area contributed by atoms with E-state index in [1.165, 1.54) is 11.3 Å². The van der Waals surface area contributed by atoms with Crippen molar-refractivity contribution in [1.82, 2.24) is 5.32 Å². The number of nitrogens with one attached hydrogen (secondary N) is 1. The molecular weight excluding hydrogens is 242 g/mol. The van der Waals surface area contributed by atoms with E-state index in [1.807, 2.05) is 23.9 Å². The molecule has 0 bridgehead atoms. The topological polar surface area (TPSA) is 32.3 Å². The van der Waals surface area contributed by atoms with Gasteiger partial charge in [-0.05, 0) is 42.0 Å². The Morgan fingerprint density at radius 3 is 2.33 bits per heavy atom. The third-order valence-electron chi connectivity index (χ3n) is 3.03. The standard InChI is InChI=1S/C15H25NOS/c1-12(2)13-5-7-14(8-6-13)15(17)11-16-9-4-10-18-3/h5-8,12,15-17H,4,9-11H2,1-3H3. The van der Waals surface area contributed by atoms with Crippen molar-refractivity contribution in [2.75, 3.05) is 25.1 Å². The summed E-state index contributed by atoms with van der Waals surface area (Å²) in [5, 5.41) is 13.3. The molecular formula is C15H25NOS. The average molecular weight is 267 g/mol. The van der Waals surface area contributed by atoms with Crippen LogP contribution in [-0.2, 0) is 0 Å². The molecule has 0 aromatic heterocycles. The zero-order valence-electron chi connectivity index (χ0n) is 11.6. The Bertz CT molecular complexity index is 324. The molecule has 0 saturated heterocycles. The van der Waals surface area contributed by atoms with E-state index in [1.54, 1.807) is 0 Å². The summed E-state index contributed by atoms with van der Waals surface area (Å²) in [6.45, 7) is 5.97. The third-order valence-corrected chi connectivity index (χ3v) is 3.72. The van der Waals surface area contributed by atoms with Gasteiger partial charge in [-0.1, -0.05) is 38.1 Å². The number of hydrogen-bond acceptors (Lipinski definition) is 3. The van der Waals surface area contributed by atoms with E-state index in [0.29, 0.717) is 12.5 Å². The Hall–Kier alpha value is -0.510. The molecule has 3 heteroatoms. The lowest BCUT2D eigenvalue weighted by molar-refractivity contribution is 0.175. The lowest BCUT2D eigenvalue weighted by atomic mass is 10.00. The molecule has 0 aliphatic heterocycles. The molecule has 1 rings (SSSR count). The molecule has 0 fully saturated rings. The van der Waals surface area contributed by atoms with Crippen LogP contribution in [0.2, 0.25) is 0 Å². The van der Waals surface area contributed by atoms with Crippen molar-refractivity contribution >= 4 is 11.8 Å². The summed E-state index contributed by atoms with van der Waals surface area (Å²) in [7, 11) is 0. The van der Waals surface area contributed by atoms with Crippen molar-refractivity contribution in [2.45, 2.75) is 32.3 Å². The van der Waals surface area contributed by atoms with Crippen molar-refractivity contribution in [1.29, 1.82) is 0 Å². The molecule has 102 valence electrons. The van der Waals surface area contributed by atoms with Gasteiger partial charge in [0.15, 0.2) is 0 Å². The fraction of sp³-hybridized carbons (Fsp3) is 0.600. The van der Waals surface area contributed by atoms with Crippen molar-refractivity contribution in [3.63, 3.8) is 0 Å². The average Bonchev–Trinajstić information content (AvgIpc) is 2.38. The lowest BCUT2D eigenvalue weighted by Crippen LogP contribution is -2.22. The van der Waals surface area contributed by atoms with Gasteiger partial charge < -0.3 is 10.4 Å². The highest BCUT2D eigenvalue weighted by molar-refractivity contribution is 7.98. The maximum Gasteiger partial charge on any atom is 0.0914 e. The second-order valence-corrected chi connectivity index (χ2v) is 5.87. The molecule has 0 amide bonds. The Kier molecular flexibility index (Phi) is 7.40.